The molecule has 0 saturated carbocycles. The second-order valence-corrected chi connectivity index (χ2v) is 5.35. The molecule has 0 atom stereocenters. The Kier molecular flexibility index (Phi) is 5.29. The summed E-state index contributed by atoms with van der Waals surface area (Å²) in [5.41, 5.74) is 7.01. The molecule has 3 N–H and O–H groups in total. The molecular formula is C14H20N4OS. The number of piperidine rings is 1. The van der Waals surface area contributed by atoms with E-state index in [2.05, 4.69) is 10.3 Å². The number of nitrogens with zero attached hydrogens (tertiary/aromatic N) is 2. The Morgan fingerprint density at radius 3 is 2.85 bits per heavy atom. The monoisotopic (exact) mass is 292 g/mol. The number of hydrogen-bond acceptors (Lipinski definition) is 4. The highest BCUT2D eigenvalue weighted by Gasteiger charge is 2.15. The molecule has 1 aromatic heterocycles. The summed E-state index contributed by atoms with van der Waals surface area (Å²) >= 11 is 4.89. The van der Waals surface area contributed by atoms with Crippen molar-refractivity contribution in [2.45, 2.75) is 25.7 Å². The van der Waals surface area contributed by atoms with Crippen LogP contribution in [0, 0.1) is 0 Å². The highest BCUT2D eigenvalue weighted by molar-refractivity contribution is 7.80. The Hall–Kier alpha value is -1.69. The van der Waals surface area contributed by atoms with Crippen LogP contribution in [0.3, 0.4) is 0 Å². The van der Waals surface area contributed by atoms with Gasteiger partial charge in [0.25, 0.3) is 0 Å². The Balaban J connectivity index is 1.79. The average molecular weight is 292 g/mol. The first-order valence-electron chi connectivity index (χ1n) is 6.94. The number of hydrogen-bond donors (Lipinski definition) is 2. The maximum absolute atomic E-state index is 12.0. The van der Waals surface area contributed by atoms with Crippen molar-refractivity contribution < 1.29 is 4.79 Å². The summed E-state index contributed by atoms with van der Waals surface area (Å²) in [5, 5.41) is 3.21. The number of nitrogens with two attached hydrogens (primary N) is 1. The maximum atomic E-state index is 12.0. The summed E-state index contributed by atoms with van der Waals surface area (Å²) in [5.74, 6) is 0.223. The number of carbonyl (C=O) groups excluding carboxylic acids is 1. The molecule has 1 amide bonds. The number of rotatable bonds is 5. The molecule has 1 aliphatic heterocycles. The SMILES string of the molecule is NC(=S)c1cc(NCCC(=O)N2CCCCC2)ccn1. The zero-order chi connectivity index (χ0) is 14.4. The van der Waals surface area contributed by atoms with Crippen molar-refractivity contribution in [1.82, 2.24) is 9.88 Å². The van der Waals surface area contributed by atoms with Crippen LogP contribution in [0.15, 0.2) is 18.3 Å². The van der Waals surface area contributed by atoms with Gasteiger partial charge in [-0.1, -0.05) is 12.2 Å². The smallest absolute Gasteiger partial charge is 0.224 e. The van der Waals surface area contributed by atoms with E-state index in [1.807, 2.05) is 11.0 Å². The molecular weight excluding hydrogens is 272 g/mol. The molecule has 1 fully saturated rings. The van der Waals surface area contributed by atoms with E-state index in [4.69, 9.17) is 18.0 Å². The molecule has 0 unspecified atom stereocenters. The van der Waals surface area contributed by atoms with Crippen LogP contribution in [-0.4, -0.2) is 40.4 Å². The lowest BCUT2D eigenvalue weighted by atomic mass is 10.1. The molecule has 2 rings (SSSR count). The molecule has 1 saturated heterocycles. The van der Waals surface area contributed by atoms with Crippen LogP contribution in [0.4, 0.5) is 5.69 Å². The van der Waals surface area contributed by atoms with Crippen LogP contribution >= 0.6 is 12.2 Å². The highest BCUT2D eigenvalue weighted by atomic mass is 32.1. The lowest BCUT2D eigenvalue weighted by Gasteiger charge is -2.26. The van der Waals surface area contributed by atoms with Crippen LogP contribution in [0.2, 0.25) is 0 Å². The molecule has 0 aromatic carbocycles. The van der Waals surface area contributed by atoms with Crippen molar-refractivity contribution in [2.75, 3.05) is 25.0 Å². The third-order valence-electron chi connectivity index (χ3n) is 3.39. The summed E-state index contributed by atoms with van der Waals surface area (Å²) in [6.07, 6.45) is 5.65. The van der Waals surface area contributed by atoms with Crippen LogP contribution in [0.25, 0.3) is 0 Å². The van der Waals surface area contributed by atoms with E-state index in [0.29, 0.717) is 18.7 Å². The first kappa shape index (κ1) is 14.7. The molecule has 2 heterocycles. The fourth-order valence-corrected chi connectivity index (χ4v) is 2.40. The van der Waals surface area contributed by atoms with Gasteiger partial charge in [0.15, 0.2) is 0 Å². The molecule has 20 heavy (non-hydrogen) atoms. The third kappa shape index (κ3) is 4.16. The van der Waals surface area contributed by atoms with Crippen LogP contribution in [0.5, 0.6) is 0 Å². The summed E-state index contributed by atoms with van der Waals surface area (Å²) in [6, 6.07) is 3.64. The van der Waals surface area contributed by atoms with E-state index in [0.717, 1.165) is 31.6 Å². The molecule has 0 aliphatic carbocycles. The first-order valence-corrected chi connectivity index (χ1v) is 7.35. The van der Waals surface area contributed by atoms with Crippen molar-refractivity contribution in [3.05, 3.63) is 24.0 Å². The van der Waals surface area contributed by atoms with Crippen LogP contribution in [-0.2, 0) is 4.79 Å². The lowest BCUT2D eigenvalue weighted by molar-refractivity contribution is -0.131. The van der Waals surface area contributed by atoms with Gasteiger partial charge in [-0.25, -0.2) is 0 Å². The van der Waals surface area contributed by atoms with E-state index < -0.39 is 0 Å². The van der Waals surface area contributed by atoms with Crippen LogP contribution < -0.4 is 11.1 Å². The number of nitrogens with one attached hydrogen (secondary N) is 1. The predicted molar refractivity (Wildman–Crippen MR) is 83.7 cm³/mol. The zero-order valence-corrected chi connectivity index (χ0v) is 12.3. The van der Waals surface area contributed by atoms with E-state index in [1.54, 1.807) is 12.3 Å². The minimum atomic E-state index is 0.223. The van der Waals surface area contributed by atoms with Gasteiger partial charge in [0.2, 0.25) is 5.91 Å². The Labute approximate surface area is 124 Å². The quantitative estimate of drug-likeness (QED) is 0.805. The zero-order valence-electron chi connectivity index (χ0n) is 11.5. The molecule has 0 radical (unpaired) electrons. The Morgan fingerprint density at radius 2 is 2.15 bits per heavy atom. The molecule has 6 heteroatoms. The predicted octanol–water partition coefficient (Wildman–Crippen LogP) is 1.53. The van der Waals surface area contributed by atoms with Crippen LogP contribution in [0.1, 0.15) is 31.4 Å². The van der Waals surface area contributed by atoms with Gasteiger partial charge in [-0.05, 0) is 31.4 Å². The number of aromatic nitrogens is 1. The van der Waals surface area contributed by atoms with Crippen molar-refractivity contribution >= 4 is 28.8 Å². The van der Waals surface area contributed by atoms with E-state index in [1.165, 1.54) is 6.42 Å². The summed E-state index contributed by atoms with van der Waals surface area (Å²) in [6.45, 7) is 2.41. The topological polar surface area (TPSA) is 71.2 Å². The first-order chi connectivity index (χ1) is 9.66. The fraction of sp³-hybridized carbons (Fsp3) is 0.500. The second kappa shape index (κ2) is 7.19. The Morgan fingerprint density at radius 1 is 1.40 bits per heavy atom. The van der Waals surface area contributed by atoms with Crippen molar-refractivity contribution in [1.29, 1.82) is 0 Å². The standard InChI is InChI=1S/C14H20N4OS/c15-14(20)12-10-11(4-6-17-12)16-7-5-13(19)18-8-2-1-3-9-18/h4,6,10H,1-3,5,7-9H2,(H2,15,20)(H,16,17). The minimum Gasteiger partial charge on any atom is -0.388 e. The van der Waals surface area contributed by atoms with E-state index >= 15 is 0 Å². The van der Waals surface area contributed by atoms with Gasteiger partial charge in [-0.3, -0.25) is 9.78 Å². The Bertz CT molecular complexity index is 486. The molecule has 1 aliphatic rings. The molecule has 5 nitrogen and oxygen atoms in total. The number of pyridine rings is 1. The summed E-state index contributed by atoms with van der Waals surface area (Å²) in [7, 11) is 0. The lowest BCUT2D eigenvalue weighted by Crippen LogP contribution is -2.36. The van der Waals surface area contributed by atoms with Gasteiger partial charge in [-0.15, -0.1) is 0 Å². The fourth-order valence-electron chi connectivity index (χ4n) is 2.29. The number of likely N-dealkylation sites (tertiary alicyclic amines) is 1. The van der Waals surface area contributed by atoms with E-state index in [9.17, 15) is 4.79 Å². The number of anilines is 1. The van der Waals surface area contributed by atoms with E-state index in [-0.39, 0.29) is 10.9 Å². The normalized spacial score (nSPS) is 14.9. The largest absolute Gasteiger partial charge is 0.388 e. The van der Waals surface area contributed by atoms with Gasteiger partial charge in [0, 0.05) is 37.9 Å². The number of carbonyl (C=O) groups is 1. The van der Waals surface area contributed by atoms with Gasteiger partial charge in [0.1, 0.15) is 4.99 Å². The van der Waals surface area contributed by atoms with Crippen molar-refractivity contribution in [3.63, 3.8) is 0 Å². The van der Waals surface area contributed by atoms with Gasteiger partial charge in [0.05, 0.1) is 5.69 Å². The molecule has 1 aromatic rings. The van der Waals surface area contributed by atoms with Gasteiger partial charge in [-0.2, -0.15) is 0 Å². The summed E-state index contributed by atoms with van der Waals surface area (Å²) in [4.78, 5) is 18.3. The minimum absolute atomic E-state index is 0.223. The molecule has 108 valence electrons. The third-order valence-corrected chi connectivity index (χ3v) is 3.60. The average Bonchev–Trinajstić information content (AvgIpc) is 2.48. The van der Waals surface area contributed by atoms with Gasteiger partial charge < -0.3 is 16.0 Å². The maximum Gasteiger partial charge on any atom is 0.224 e. The molecule has 0 spiro atoms. The number of thiocarbonyl (C=S) groups is 1. The summed E-state index contributed by atoms with van der Waals surface area (Å²) < 4.78 is 0. The highest BCUT2D eigenvalue weighted by Crippen LogP contribution is 2.11. The van der Waals surface area contributed by atoms with Crippen molar-refractivity contribution in [2.24, 2.45) is 5.73 Å². The van der Waals surface area contributed by atoms with Crippen molar-refractivity contribution in [3.8, 4) is 0 Å². The number of amides is 1. The van der Waals surface area contributed by atoms with Gasteiger partial charge >= 0.3 is 0 Å². The molecule has 0 bridgehead atoms. The second-order valence-electron chi connectivity index (χ2n) is 4.91.